The molecule has 0 N–H and O–H groups in total. The van der Waals surface area contributed by atoms with Gasteiger partial charge < -0.3 is 9.64 Å². The number of hydrogen-bond acceptors (Lipinski definition) is 4. The van der Waals surface area contributed by atoms with E-state index in [2.05, 4.69) is 25.8 Å². The Hall–Kier alpha value is -1.20. The van der Waals surface area contributed by atoms with Crippen molar-refractivity contribution in [1.82, 2.24) is 9.97 Å². The third-order valence-corrected chi connectivity index (χ3v) is 4.49. The smallest absolute Gasteiger partial charge is 0.226 e. The molecule has 4 rings (SSSR count). The molecule has 0 aliphatic carbocycles. The van der Waals surface area contributed by atoms with Crippen molar-refractivity contribution in [3.63, 3.8) is 0 Å². The van der Waals surface area contributed by atoms with Crippen LogP contribution < -0.4 is 4.90 Å². The summed E-state index contributed by atoms with van der Waals surface area (Å²) in [6.07, 6.45) is 4.29. The number of hydrogen-bond donors (Lipinski definition) is 0. The zero-order chi connectivity index (χ0) is 12.8. The van der Waals surface area contributed by atoms with Gasteiger partial charge in [-0.25, -0.2) is 9.97 Å². The predicted octanol–water partition coefficient (Wildman–Crippen LogP) is 2.76. The first kappa shape index (κ1) is 11.6. The lowest BCUT2D eigenvalue weighted by molar-refractivity contribution is 0.0898. The van der Waals surface area contributed by atoms with Gasteiger partial charge in [-0.05, 0) is 31.0 Å². The minimum atomic E-state index is 0.451. The van der Waals surface area contributed by atoms with E-state index in [-0.39, 0.29) is 0 Å². The van der Waals surface area contributed by atoms with Crippen LogP contribution in [0.3, 0.4) is 0 Å². The Morgan fingerprint density at radius 3 is 2.79 bits per heavy atom. The molecule has 2 atom stereocenters. The van der Waals surface area contributed by atoms with Crippen LogP contribution in [0.5, 0.6) is 0 Å². The van der Waals surface area contributed by atoms with E-state index >= 15 is 0 Å². The van der Waals surface area contributed by atoms with Gasteiger partial charge in [-0.3, -0.25) is 0 Å². The summed E-state index contributed by atoms with van der Waals surface area (Å²) in [4.78, 5) is 11.6. The molecule has 2 saturated heterocycles. The Bertz CT molecular complexity index is 617. The number of morpholine rings is 1. The number of ether oxygens (including phenoxy) is 1. The van der Waals surface area contributed by atoms with E-state index in [9.17, 15) is 0 Å². The van der Waals surface area contributed by atoms with Crippen LogP contribution in [0.1, 0.15) is 12.8 Å². The molecule has 2 aromatic rings. The molecule has 0 unspecified atom stereocenters. The van der Waals surface area contributed by atoms with Crippen LogP contribution in [0.15, 0.2) is 28.9 Å². The summed E-state index contributed by atoms with van der Waals surface area (Å²) < 4.78 is 6.67. The average Bonchev–Trinajstić information content (AvgIpc) is 2.68. The number of rotatable bonds is 1. The van der Waals surface area contributed by atoms with E-state index in [1.165, 1.54) is 12.8 Å². The van der Waals surface area contributed by atoms with Gasteiger partial charge in [0.25, 0.3) is 0 Å². The summed E-state index contributed by atoms with van der Waals surface area (Å²) in [5, 5.41) is 1.07. The molecular weight excluding hydrogens is 306 g/mol. The monoisotopic (exact) mass is 319 g/mol. The zero-order valence-electron chi connectivity index (χ0n) is 10.4. The Morgan fingerprint density at radius 1 is 1.21 bits per heavy atom. The average molecular weight is 320 g/mol. The van der Waals surface area contributed by atoms with Gasteiger partial charge in [0.05, 0.1) is 30.8 Å². The highest BCUT2D eigenvalue weighted by Gasteiger charge is 2.38. The van der Waals surface area contributed by atoms with E-state index in [4.69, 9.17) is 9.72 Å². The van der Waals surface area contributed by atoms with Crippen molar-refractivity contribution < 1.29 is 4.74 Å². The summed E-state index contributed by atoms with van der Waals surface area (Å²) in [6, 6.07) is 7.01. The van der Waals surface area contributed by atoms with Crippen molar-refractivity contribution in [3.05, 3.63) is 28.9 Å². The molecule has 4 nitrogen and oxygen atoms in total. The minimum absolute atomic E-state index is 0.451. The SMILES string of the molecule is Brc1ccc2nc(N3[C@@H]4CC[C@H]3COC4)ncc2c1. The number of aromatic nitrogens is 2. The van der Waals surface area contributed by atoms with Gasteiger partial charge in [0.15, 0.2) is 0 Å². The maximum absolute atomic E-state index is 5.61. The minimum Gasteiger partial charge on any atom is -0.377 e. The van der Waals surface area contributed by atoms with Crippen molar-refractivity contribution >= 4 is 32.8 Å². The lowest BCUT2D eigenvalue weighted by Gasteiger charge is -2.34. The fraction of sp³-hybridized carbons (Fsp3) is 0.429. The molecule has 1 aromatic carbocycles. The third-order valence-electron chi connectivity index (χ3n) is 4.00. The van der Waals surface area contributed by atoms with Crippen LogP contribution in [0.25, 0.3) is 10.9 Å². The number of nitrogens with zero attached hydrogens (tertiary/aromatic N) is 3. The van der Waals surface area contributed by atoms with Crippen molar-refractivity contribution in [2.45, 2.75) is 24.9 Å². The standard InChI is InChI=1S/C14H14BrN3O/c15-10-1-4-13-9(5-10)6-16-14(17-13)18-11-2-3-12(18)8-19-7-11/h1,4-6,11-12H,2-3,7-8H2/t11-,12+. The molecule has 3 heterocycles. The van der Waals surface area contributed by atoms with Crippen molar-refractivity contribution in [3.8, 4) is 0 Å². The number of benzene rings is 1. The predicted molar refractivity (Wildman–Crippen MR) is 77.3 cm³/mol. The molecule has 0 radical (unpaired) electrons. The van der Waals surface area contributed by atoms with Crippen LogP contribution >= 0.6 is 15.9 Å². The third kappa shape index (κ3) is 1.92. The Morgan fingerprint density at radius 2 is 2.00 bits per heavy atom. The first-order chi connectivity index (χ1) is 9.31. The number of fused-ring (bicyclic) bond motifs is 3. The molecule has 5 heteroatoms. The molecule has 0 amide bonds. The second-order valence-corrected chi connectivity index (χ2v) is 6.12. The summed E-state index contributed by atoms with van der Waals surface area (Å²) in [7, 11) is 0. The van der Waals surface area contributed by atoms with Crippen LogP contribution in [0, 0.1) is 0 Å². The quantitative estimate of drug-likeness (QED) is 0.810. The summed E-state index contributed by atoms with van der Waals surface area (Å²) in [6.45, 7) is 1.61. The maximum atomic E-state index is 5.61. The first-order valence-corrected chi connectivity index (χ1v) is 7.39. The highest BCUT2D eigenvalue weighted by Crippen LogP contribution is 2.32. The fourth-order valence-electron chi connectivity index (χ4n) is 3.07. The van der Waals surface area contributed by atoms with Crippen LogP contribution in [-0.2, 0) is 4.74 Å². The summed E-state index contributed by atoms with van der Waals surface area (Å²) in [5.41, 5.74) is 0.999. The van der Waals surface area contributed by atoms with Gasteiger partial charge >= 0.3 is 0 Å². The molecule has 1 aromatic heterocycles. The van der Waals surface area contributed by atoms with E-state index in [0.717, 1.165) is 34.5 Å². The highest BCUT2D eigenvalue weighted by molar-refractivity contribution is 9.10. The molecule has 98 valence electrons. The number of anilines is 1. The van der Waals surface area contributed by atoms with Gasteiger partial charge in [0.2, 0.25) is 5.95 Å². The van der Waals surface area contributed by atoms with E-state index < -0.39 is 0 Å². The second-order valence-electron chi connectivity index (χ2n) is 5.20. The topological polar surface area (TPSA) is 38.2 Å². The first-order valence-electron chi connectivity index (χ1n) is 6.60. The lowest BCUT2D eigenvalue weighted by atomic mass is 10.2. The van der Waals surface area contributed by atoms with E-state index in [1.807, 2.05) is 24.4 Å². The molecule has 0 spiro atoms. The number of halogens is 1. The summed E-state index contributed by atoms with van der Waals surface area (Å²) in [5.74, 6) is 0.852. The van der Waals surface area contributed by atoms with Crippen LogP contribution in [0.2, 0.25) is 0 Å². The van der Waals surface area contributed by atoms with Crippen molar-refractivity contribution in [1.29, 1.82) is 0 Å². The van der Waals surface area contributed by atoms with Gasteiger partial charge in [-0.2, -0.15) is 0 Å². The molecular formula is C14H14BrN3O. The highest BCUT2D eigenvalue weighted by atomic mass is 79.9. The Kier molecular flexibility index (Phi) is 2.70. The molecule has 19 heavy (non-hydrogen) atoms. The summed E-state index contributed by atoms with van der Waals surface area (Å²) >= 11 is 3.47. The fourth-order valence-corrected chi connectivity index (χ4v) is 3.45. The largest absolute Gasteiger partial charge is 0.377 e. The Balaban J connectivity index is 1.77. The molecule has 2 aliphatic rings. The van der Waals surface area contributed by atoms with Crippen LogP contribution in [0.4, 0.5) is 5.95 Å². The molecule has 2 fully saturated rings. The molecule has 2 bridgehead atoms. The zero-order valence-corrected chi connectivity index (χ0v) is 12.0. The van der Waals surface area contributed by atoms with Gasteiger partial charge in [-0.15, -0.1) is 0 Å². The van der Waals surface area contributed by atoms with E-state index in [1.54, 1.807) is 0 Å². The van der Waals surface area contributed by atoms with Gasteiger partial charge in [0.1, 0.15) is 0 Å². The maximum Gasteiger partial charge on any atom is 0.226 e. The van der Waals surface area contributed by atoms with E-state index in [0.29, 0.717) is 12.1 Å². The van der Waals surface area contributed by atoms with Gasteiger partial charge in [-0.1, -0.05) is 15.9 Å². The lowest BCUT2D eigenvalue weighted by Crippen LogP contribution is -2.46. The normalized spacial score (nSPS) is 26.1. The van der Waals surface area contributed by atoms with Gasteiger partial charge in [0, 0.05) is 16.1 Å². The molecule has 0 saturated carbocycles. The Labute approximate surface area is 119 Å². The second kappa shape index (κ2) is 4.42. The van der Waals surface area contributed by atoms with Crippen molar-refractivity contribution in [2.24, 2.45) is 0 Å². The molecule has 2 aliphatic heterocycles. The van der Waals surface area contributed by atoms with Crippen molar-refractivity contribution in [2.75, 3.05) is 18.1 Å². The van der Waals surface area contributed by atoms with Crippen LogP contribution in [-0.4, -0.2) is 35.3 Å².